The largest absolute Gasteiger partial charge is 0.388 e. The molecule has 1 N–H and O–H groups in total. The van der Waals surface area contributed by atoms with Gasteiger partial charge in [-0.1, -0.05) is 47.5 Å². The lowest BCUT2D eigenvalue weighted by molar-refractivity contribution is 0.117. The van der Waals surface area contributed by atoms with Crippen molar-refractivity contribution in [1.29, 1.82) is 0 Å². The van der Waals surface area contributed by atoms with E-state index in [1.54, 1.807) is 0 Å². The molecular weight excluding hydrogens is 389 g/mol. The smallest absolute Gasteiger partial charge is 0.0795 e. The Morgan fingerprint density at radius 3 is 2.39 bits per heavy atom. The summed E-state index contributed by atoms with van der Waals surface area (Å²) in [5.74, 6) is 0.992. The molecule has 1 saturated heterocycles. The van der Waals surface area contributed by atoms with Crippen molar-refractivity contribution in [2.75, 3.05) is 19.6 Å². The van der Waals surface area contributed by atoms with Crippen LogP contribution in [0.4, 0.5) is 0 Å². The minimum absolute atomic E-state index is 0.332. The van der Waals surface area contributed by atoms with Crippen molar-refractivity contribution < 1.29 is 5.11 Å². The van der Waals surface area contributed by atoms with Gasteiger partial charge in [-0.25, -0.2) is 0 Å². The number of aliphatic hydroxyl groups is 1. The number of fused-ring (bicyclic) bond motifs is 1. The molecule has 2 aliphatic rings. The summed E-state index contributed by atoms with van der Waals surface area (Å²) in [5.41, 5.74) is 4.95. The summed E-state index contributed by atoms with van der Waals surface area (Å²) in [6.07, 6.45) is 4.96. The van der Waals surface area contributed by atoms with Gasteiger partial charge >= 0.3 is 0 Å². The number of hydrogen-bond acceptors (Lipinski definition) is 2. The molecule has 2 atom stereocenters. The second-order valence-corrected chi connectivity index (χ2v) is 9.32. The summed E-state index contributed by atoms with van der Waals surface area (Å²) in [7, 11) is 0. The maximum atomic E-state index is 10.8. The summed E-state index contributed by atoms with van der Waals surface area (Å²) in [5, 5.41) is 12.4. The number of likely N-dealkylation sites (tertiary alicyclic amines) is 1. The van der Waals surface area contributed by atoms with Crippen molar-refractivity contribution in [3.05, 3.63) is 68.7 Å². The Morgan fingerprint density at radius 2 is 1.68 bits per heavy atom. The predicted octanol–water partition coefficient (Wildman–Crippen LogP) is 6.17. The number of aliphatic hydroxyl groups excluding tert-OH is 1. The Hall–Kier alpha value is -1.06. The summed E-state index contributed by atoms with van der Waals surface area (Å²) in [6.45, 7) is 5.39. The van der Waals surface area contributed by atoms with Gasteiger partial charge in [-0.3, -0.25) is 0 Å². The van der Waals surface area contributed by atoms with Crippen LogP contribution in [0.25, 0.3) is 0 Å². The van der Waals surface area contributed by atoms with Crippen molar-refractivity contribution in [1.82, 2.24) is 4.90 Å². The van der Waals surface area contributed by atoms with Crippen LogP contribution >= 0.6 is 23.2 Å². The van der Waals surface area contributed by atoms with E-state index in [9.17, 15) is 5.11 Å². The summed E-state index contributed by atoms with van der Waals surface area (Å²) in [6, 6.07) is 12.1. The third-order valence-corrected chi connectivity index (χ3v) is 7.34. The average molecular weight is 418 g/mol. The molecule has 1 fully saturated rings. The van der Waals surface area contributed by atoms with E-state index < -0.39 is 0 Å². The second-order valence-electron chi connectivity index (χ2n) is 8.51. The van der Waals surface area contributed by atoms with E-state index in [-0.39, 0.29) is 6.10 Å². The van der Waals surface area contributed by atoms with Crippen LogP contribution in [0.3, 0.4) is 0 Å². The molecule has 0 unspecified atom stereocenters. The fourth-order valence-corrected chi connectivity index (χ4v) is 5.83. The molecule has 1 aliphatic carbocycles. The van der Waals surface area contributed by atoms with Gasteiger partial charge in [-0.15, -0.1) is 0 Å². The molecule has 0 saturated carbocycles. The van der Waals surface area contributed by atoms with Crippen molar-refractivity contribution in [3.63, 3.8) is 0 Å². The zero-order valence-corrected chi connectivity index (χ0v) is 18.0. The minimum atomic E-state index is -0.332. The highest BCUT2D eigenvalue weighted by molar-refractivity contribution is 6.36. The molecular formula is C24H29Cl2NO. The molecule has 2 aromatic carbocycles. The van der Waals surface area contributed by atoms with E-state index in [0.29, 0.717) is 11.8 Å². The molecule has 2 aromatic rings. The Balaban J connectivity index is 1.36. The first-order valence-electron chi connectivity index (χ1n) is 10.5. The molecule has 28 heavy (non-hydrogen) atoms. The number of piperidine rings is 1. The Kier molecular flexibility index (Phi) is 6.32. The molecule has 4 heteroatoms. The lowest BCUT2D eigenvalue weighted by Crippen LogP contribution is -2.37. The van der Waals surface area contributed by atoms with Crippen LogP contribution in [-0.4, -0.2) is 29.6 Å². The molecule has 1 aliphatic heterocycles. The van der Waals surface area contributed by atoms with Gasteiger partial charge < -0.3 is 10.0 Å². The van der Waals surface area contributed by atoms with Gasteiger partial charge in [-0.2, -0.15) is 0 Å². The number of hydrogen-bond donors (Lipinski definition) is 1. The van der Waals surface area contributed by atoms with Crippen molar-refractivity contribution in [2.24, 2.45) is 5.92 Å². The number of halogens is 2. The maximum Gasteiger partial charge on any atom is 0.0795 e. The van der Waals surface area contributed by atoms with Gasteiger partial charge in [0.25, 0.3) is 0 Å². The Labute approximate surface area is 178 Å². The molecule has 0 radical (unpaired) electrons. The fraction of sp³-hybridized carbons (Fsp3) is 0.500. The van der Waals surface area contributed by atoms with Crippen LogP contribution in [0, 0.1) is 12.8 Å². The van der Waals surface area contributed by atoms with Crippen molar-refractivity contribution in [2.45, 2.75) is 51.0 Å². The summed E-state index contributed by atoms with van der Waals surface area (Å²) in [4.78, 5) is 2.57. The average Bonchev–Trinajstić information content (AvgIpc) is 2.83. The third-order valence-electron chi connectivity index (χ3n) is 6.68. The van der Waals surface area contributed by atoms with E-state index in [0.717, 1.165) is 72.9 Å². The van der Waals surface area contributed by atoms with Crippen LogP contribution in [0.2, 0.25) is 10.0 Å². The van der Waals surface area contributed by atoms with E-state index in [1.807, 2.05) is 18.2 Å². The number of nitrogens with zero attached hydrogens (tertiary/aromatic N) is 1. The normalized spacial score (nSPS) is 24.0. The molecule has 1 heterocycles. The molecule has 4 rings (SSSR count). The van der Waals surface area contributed by atoms with Crippen LogP contribution in [0.15, 0.2) is 36.4 Å². The first-order valence-corrected chi connectivity index (χ1v) is 11.2. The molecule has 0 spiro atoms. The first-order chi connectivity index (χ1) is 13.5. The first kappa shape index (κ1) is 20.2. The number of rotatable bonds is 3. The van der Waals surface area contributed by atoms with E-state index in [2.05, 4.69) is 30.0 Å². The molecule has 150 valence electrons. The molecule has 0 amide bonds. The van der Waals surface area contributed by atoms with Gasteiger partial charge in [0, 0.05) is 16.6 Å². The second kappa shape index (κ2) is 8.75. The van der Waals surface area contributed by atoms with Gasteiger partial charge in [-0.05, 0) is 98.3 Å². The molecule has 0 bridgehead atoms. The fourth-order valence-electron chi connectivity index (χ4n) is 5.12. The van der Waals surface area contributed by atoms with E-state index >= 15 is 0 Å². The predicted molar refractivity (Wildman–Crippen MR) is 117 cm³/mol. The topological polar surface area (TPSA) is 23.5 Å². The van der Waals surface area contributed by atoms with Gasteiger partial charge in [0.15, 0.2) is 0 Å². The van der Waals surface area contributed by atoms with E-state index in [4.69, 9.17) is 23.2 Å². The van der Waals surface area contributed by atoms with Gasteiger partial charge in [0.05, 0.1) is 6.10 Å². The Bertz CT molecular complexity index is 809. The van der Waals surface area contributed by atoms with E-state index in [1.165, 1.54) is 11.1 Å². The highest BCUT2D eigenvalue weighted by atomic mass is 35.5. The van der Waals surface area contributed by atoms with Crippen molar-refractivity contribution >= 4 is 23.2 Å². The Morgan fingerprint density at radius 1 is 1.00 bits per heavy atom. The summed E-state index contributed by atoms with van der Waals surface area (Å²) >= 11 is 12.8. The number of aryl methyl sites for hydroxylation is 1. The van der Waals surface area contributed by atoms with Crippen LogP contribution in [0.1, 0.15) is 60.0 Å². The highest BCUT2D eigenvalue weighted by Gasteiger charge is 2.28. The molecule has 0 aromatic heterocycles. The van der Waals surface area contributed by atoms with Gasteiger partial charge in [0.1, 0.15) is 0 Å². The van der Waals surface area contributed by atoms with Crippen LogP contribution < -0.4 is 0 Å². The standard InChI is InChI=1S/C24H29Cl2NO/c1-16-4-2-5-20-19(16)9-8-17(14-23(20)28)15-27-12-10-18(11-13-27)24-21(25)6-3-7-22(24)26/h2-7,17-18,23,28H,8-15H2,1H3/t17-,23-/m1/s1. The zero-order chi connectivity index (χ0) is 19.7. The monoisotopic (exact) mass is 417 g/mol. The maximum absolute atomic E-state index is 10.8. The third kappa shape index (κ3) is 4.26. The lowest BCUT2D eigenvalue weighted by Gasteiger charge is -2.35. The SMILES string of the molecule is Cc1cccc2c1CC[C@@H](CN1CCC(c3c(Cl)cccc3Cl)CC1)C[C@H]2O. The summed E-state index contributed by atoms with van der Waals surface area (Å²) < 4.78 is 0. The highest BCUT2D eigenvalue weighted by Crippen LogP contribution is 2.38. The number of benzene rings is 2. The van der Waals surface area contributed by atoms with Crippen LogP contribution in [-0.2, 0) is 6.42 Å². The zero-order valence-electron chi connectivity index (χ0n) is 16.5. The van der Waals surface area contributed by atoms with Gasteiger partial charge in [0.2, 0.25) is 0 Å². The quantitative estimate of drug-likeness (QED) is 0.603. The minimum Gasteiger partial charge on any atom is -0.388 e. The van der Waals surface area contributed by atoms with Crippen molar-refractivity contribution in [3.8, 4) is 0 Å². The van der Waals surface area contributed by atoms with Crippen LogP contribution in [0.5, 0.6) is 0 Å². The lowest BCUT2D eigenvalue weighted by atomic mass is 9.88. The molecule has 2 nitrogen and oxygen atoms in total.